The van der Waals surface area contributed by atoms with Gasteiger partial charge >= 0.3 is 0 Å². The van der Waals surface area contributed by atoms with Crippen molar-refractivity contribution in [1.29, 1.82) is 0 Å². The van der Waals surface area contributed by atoms with Crippen LogP contribution in [0.25, 0.3) is 0 Å². The molecule has 0 aliphatic carbocycles. The van der Waals surface area contributed by atoms with E-state index >= 15 is 0 Å². The van der Waals surface area contributed by atoms with Crippen LogP contribution < -0.4 is 5.32 Å². The molecule has 2 aromatic rings. The summed E-state index contributed by atoms with van der Waals surface area (Å²) in [5, 5.41) is 3.29. The van der Waals surface area contributed by atoms with Gasteiger partial charge in [0.25, 0.3) is 0 Å². The number of halogens is 1. The van der Waals surface area contributed by atoms with Crippen LogP contribution in [0, 0.1) is 6.92 Å². The molecule has 3 nitrogen and oxygen atoms in total. The quantitative estimate of drug-likeness (QED) is 0.852. The number of anilines is 1. The fourth-order valence-corrected chi connectivity index (χ4v) is 4.17. The van der Waals surface area contributed by atoms with Crippen LogP contribution in [0.5, 0.6) is 0 Å². The van der Waals surface area contributed by atoms with Crippen molar-refractivity contribution in [2.24, 2.45) is 0 Å². The van der Waals surface area contributed by atoms with Gasteiger partial charge in [0.2, 0.25) is 0 Å². The number of benzene rings is 1. The van der Waals surface area contributed by atoms with Gasteiger partial charge < -0.3 is 5.32 Å². The zero-order valence-corrected chi connectivity index (χ0v) is 14.5. The van der Waals surface area contributed by atoms with Crippen LogP contribution in [-0.4, -0.2) is 14.2 Å². The van der Waals surface area contributed by atoms with Gasteiger partial charge in [0.05, 0.1) is 10.6 Å². The molecule has 1 heterocycles. The second-order valence-electron chi connectivity index (χ2n) is 4.40. The highest BCUT2D eigenvalue weighted by Crippen LogP contribution is 2.27. The van der Waals surface area contributed by atoms with E-state index in [1.165, 1.54) is 9.75 Å². The van der Waals surface area contributed by atoms with E-state index in [2.05, 4.69) is 34.2 Å². The smallest absolute Gasteiger partial charge is 0.178 e. The molecule has 0 aliphatic heterocycles. The van der Waals surface area contributed by atoms with E-state index in [4.69, 9.17) is 0 Å². The summed E-state index contributed by atoms with van der Waals surface area (Å²) in [5.74, 6) is 0.127. The van der Waals surface area contributed by atoms with Crippen LogP contribution in [0.4, 0.5) is 5.69 Å². The van der Waals surface area contributed by atoms with Gasteiger partial charge in [-0.15, -0.1) is 11.3 Å². The average molecular weight is 374 g/mol. The van der Waals surface area contributed by atoms with Gasteiger partial charge in [-0.05, 0) is 53.2 Å². The van der Waals surface area contributed by atoms with Crippen LogP contribution in [0.1, 0.15) is 16.7 Å². The lowest BCUT2D eigenvalue weighted by molar-refractivity contribution is 0.597. The van der Waals surface area contributed by atoms with Crippen molar-refractivity contribution in [3.05, 3.63) is 44.6 Å². The zero-order valence-electron chi connectivity index (χ0n) is 11.3. The van der Waals surface area contributed by atoms with E-state index < -0.39 is 9.84 Å². The van der Waals surface area contributed by atoms with Crippen molar-refractivity contribution in [2.45, 2.75) is 25.3 Å². The Morgan fingerprint density at radius 1 is 1.25 bits per heavy atom. The van der Waals surface area contributed by atoms with E-state index in [1.54, 1.807) is 42.5 Å². The summed E-state index contributed by atoms with van der Waals surface area (Å²) in [7, 11) is -3.12. The van der Waals surface area contributed by atoms with Gasteiger partial charge in [-0.25, -0.2) is 8.42 Å². The predicted molar refractivity (Wildman–Crippen MR) is 88.3 cm³/mol. The third-order valence-corrected chi connectivity index (χ3v) is 6.86. The monoisotopic (exact) mass is 373 g/mol. The first-order valence-corrected chi connectivity index (χ1v) is 9.50. The SMILES string of the molecule is CCS(=O)(=O)c1ccc(NCc2cc(Br)c(C)s2)cc1. The normalized spacial score (nSPS) is 11.6. The maximum Gasteiger partial charge on any atom is 0.178 e. The fraction of sp³-hybridized carbons (Fsp3) is 0.286. The number of sulfone groups is 1. The lowest BCUT2D eigenvalue weighted by atomic mass is 10.3. The first kappa shape index (κ1) is 15.5. The minimum atomic E-state index is -3.12. The molecule has 108 valence electrons. The number of nitrogens with one attached hydrogen (secondary N) is 1. The Morgan fingerprint density at radius 3 is 2.40 bits per heavy atom. The molecule has 0 bridgehead atoms. The first-order chi connectivity index (χ1) is 9.42. The standard InChI is InChI=1S/C14H16BrNO2S2/c1-3-20(17,18)13-6-4-11(5-7-13)16-9-12-8-14(15)10(2)19-12/h4-8,16H,3,9H2,1-2H3. The number of hydrogen-bond acceptors (Lipinski definition) is 4. The lowest BCUT2D eigenvalue weighted by Gasteiger charge is -2.06. The van der Waals surface area contributed by atoms with Crippen LogP contribution in [0.2, 0.25) is 0 Å². The number of aryl methyl sites for hydroxylation is 1. The van der Waals surface area contributed by atoms with Crippen molar-refractivity contribution in [2.75, 3.05) is 11.1 Å². The maximum absolute atomic E-state index is 11.7. The van der Waals surface area contributed by atoms with Crippen molar-refractivity contribution in [1.82, 2.24) is 0 Å². The van der Waals surface area contributed by atoms with Gasteiger partial charge in [0, 0.05) is 26.5 Å². The first-order valence-electron chi connectivity index (χ1n) is 6.24. The van der Waals surface area contributed by atoms with Gasteiger partial charge in [0.15, 0.2) is 9.84 Å². The predicted octanol–water partition coefficient (Wildman–Crippen LogP) is 4.22. The second-order valence-corrected chi connectivity index (χ2v) is 8.87. The van der Waals surface area contributed by atoms with Crippen LogP contribution in [0.15, 0.2) is 39.7 Å². The molecule has 0 aliphatic rings. The molecule has 1 aromatic heterocycles. The van der Waals surface area contributed by atoms with Gasteiger partial charge in [-0.2, -0.15) is 0 Å². The lowest BCUT2D eigenvalue weighted by Crippen LogP contribution is -2.04. The molecule has 0 radical (unpaired) electrons. The molecular formula is C14H16BrNO2S2. The van der Waals surface area contributed by atoms with Crippen LogP contribution in [0.3, 0.4) is 0 Å². The van der Waals surface area contributed by atoms with Crippen molar-refractivity contribution in [3.63, 3.8) is 0 Å². The summed E-state index contributed by atoms with van der Waals surface area (Å²) in [6.07, 6.45) is 0. The van der Waals surface area contributed by atoms with E-state index in [0.717, 1.165) is 16.7 Å². The third kappa shape index (κ3) is 3.62. The summed E-state index contributed by atoms with van der Waals surface area (Å²) in [5.41, 5.74) is 0.919. The molecule has 0 spiro atoms. The maximum atomic E-state index is 11.7. The Balaban J connectivity index is 2.04. The van der Waals surface area contributed by atoms with Gasteiger partial charge in [0.1, 0.15) is 0 Å². The molecule has 1 aromatic carbocycles. The second kappa shape index (κ2) is 6.28. The Kier molecular flexibility index (Phi) is 4.88. The molecule has 0 atom stereocenters. The van der Waals surface area contributed by atoms with Crippen molar-refractivity contribution >= 4 is 42.8 Å². The van der Waals surface area contributed by atoms with Gasteiger partial charge in [-0.3, -0.25) is 0 Å². The van der Waals surface area contributed by atoms with Crippen LogP contribution in [-0.2, 0) is 16.4 Å². The van der Waals surface area contributed by atoms with Crippen molar-refractivity contribution < 1.29 is 8.42 Å². The van der Waals surface area contributed by atoms with E-state index in [9.17, 15) is 8.42 Å². The summed E-state index contributed by atoms with van der Waals surface area (Å²) in [4.78, 5) is 2.87. The zero-order chi connectivity index (χ0) is 14.8. The minimum Gasteiger partial charge on any atom is -0.380 e. The highest BCUT2D eigenvalue weighted by Gasteiger charge is 2.10. The minimum absolute atomic E-state index is 0.127. The number of thiophene rings is 1. The summed E-state index contributed by atoms with van der Waals surface area (Å²) >= 11 is 5.24. The summed E-state index contributed by atoms with van der Waals surface area (Å²) in [6, 6.07) is 9.01. The Labute approximate surface area is 132 Å². The van der Waals surface area contributed by atoms with Gasteiger partial charge in [-0.1, -0.05) is 6.92 Å². The molecule has 0 amide bonds. The molecule has 20 heavy (non-hydrogen) atoms. The summed E-state index contributed by atoms with van der Waals surface area (Å²) < 4.78 is 24.5. The average Bonchev–Trinajstić information content (AvgIpc) is 2.76. The Bertz CT molecular complexity index is 671. The molecule has 0 unspecified atom stereocenters. The molecule has 0 saturated heterocycles. The fourth-order valence-electron chi connectivity index (χ4n) is 1.74. The molecular weight excluding hydrogens is 358 g/mol. The molecule has 6 heteroatoms. The molecule has 0 saturated carbocycles. The molecule has 2 rings (SSSR count). The van der Waals surface area contributed by atoms with E-state index in [-0.39, 0.29) is 5.75 Å². The third-order valence-electron chi connectivity index (χ3n) is 2.97. The van der Waals surface area contributed by atoms with E-state index in [0.29, 0.717) is 4.90 Å². The Hall–Kier alpha value is -0.850. The number of hydrogen-bond donors (Lipinski definition) is 1. The molecule has 1 N–H and O–H groups in total. The largest absolute Gasteiger partial charge is 0.380 e. The molecule has 0 fully saturated rings. The number of rotatable bonds is 5. The summed E-state index contributed by atoms with van der Waals surface area (Å²) in [6.45, 7) is 4.46. The highest BCUT2D eigenvalue weighted by atomic mass is 79.9. The van der Waals surface area contributed by atoms with E-state index in [1.807, 2.05) is 0 Å². The van der Waals surface area contributed by atoms with Crippen molar-refractivity contribution in [3.8, 4) is 0 Å². The topological polar surface area (TPSA) is 46.2 Å². The Morgan fingerprint density at radius 2 is 1.90 bits per heavy atom. The highest BCUT2D eigenvalue weighted by molar-refractivity contribution is 9.10. The van der Waals surface area contributed by atoms with Crippen LogP contribution >= 0.6 is 27.3 Å².